The molecule has 28 heavy (non-hydrogen) atoms. The molecule has 0 atom stereocenters. The van der Waals surface area contributed by atoms with Crippen LogP contribution in [0.15, 0.2) is 36.4 Å². The van der Waals surface area contributed by atoms with Crippen molar-refractivity contribution in [3.8, 4) is 11.5 Å². The van der Waals surface area contributed by atoms with Gasteiger partial charge in [-0.25, -0.2) is 9.18 Å². The number of aromatic carboxylic acids is 1. The summed E-state index contributed by atoms with van der Waals surface area (Å²) in [5.41, 5.74) is 0.659. The van der Waals surface area contributed by atoms with E-state index in [-0.39, 0.29) is 28.9 Å². The van der Waals surface area contributed by atoms with Gasteiger partial charge in [0, 0.05) is 5.41 Å². The third-order valence-corrected chi connectivity index (χ3v) is 4.37. The van der Waals surface area contributed by atoms with Crippen molar-refractivity contribution in [2.24, 2.45) is 5.41 Å². The van der Waals surface area contributed by atoms with Gasteiger partial charge >= 0.3 is 5.97 Å². The Labute approximate surface area is 162 Å². The summed E-state index contributed by atoms with van der Waals surface area (Å²) < 4.78 is 36.9. The van der Waals surface area contributed by atoms with Crippen LogP contribution in [0.25, 0.3) is 0 Å². The quantitative estimate of drug-likeness (QED) is 0.798. The van der Waals surface area contributed by atoms with Crippen molar-refractivity contribution in [1.82, 2.24) is 0 Å². The van der Waals surface area contributed by atoms with Crippen molar-refractivity contribution in [2.45, 2.75) is 26.7 Å². The number of carboxylic acid groups (broad SMARTS) is 1. The lowest BCUT2D eigenvalue weighted by molar-refractivity contribution is -0.226. The molecule has 1 fully saturated rings. The van der Waals surface area contributed by atoms with Crippen molar-refractivity contribution in [3.63, 3.8) is 0 Å². The van der Waals surface area contributed by atoms with Crippen LogP contribution in [0.5, 0.6) is 11.5 Å². The average molecular weight is 390 g/mol. The number of benzene rings is 2. The normalized spacial score (nSPS) is 16.6. The highest BCUT2D eigenvalue weighted by Gasteiger charge is 2.32. The van der Waals surface area contributed by atoms with Gasteiger partial charge in [-0.15, -0.1) is 0 Å². The zero-order chi connectivity index (χ0) is 20.3. The van der Waals surface area contributed by atoms with E-state index in [0.717, 1.165) is 11.6 Å². The fourth-order valence-electron chi connectivity index (χ4n) is 2.81. The van der Waals surface area contributed by atoms with E-state index >= 15 is 0 Å². The molecule has 2 aromatic rings. The molecule has 2 aromatic carbocycles. The molecule has 0 aliphatic carbocycles. The molecule has 0 amide bonds. The molecule has 1 heterocycles. The smallest absolute Gasteiger partial charge is 0.335 e. The van der Waals surface area contributed by atoms with Crippen LogP contribution in [0.4, 0.5) is 4.39 Å². The third kappa shape index (κ3) is 4.61. The van der Waals surface area contributed by atoms with E-state index in [1.807, 2.05) is 13.8 Å². The highest BCUT2D eigenvalue weighted by molar-refractivity contribution is 5.88. The van der Waals surface area contributed by atoms with Crippen molar-refractivity contribution < 1.29 is 33.2 Å². The number of hydrogen-bond donors (Lipinski definition) is 1. The summed E-state index contributed by atoms with van der Waals surface area (Å²) in [6.07, 6.45) is -0.896. The largest absolute Gasteiger partial charge is 0.497 e. The van der Waals surface area contributed by atoms with E-state index < -0.39 is 18.1 Å². The lowest BCUT2D eigenvalue weighted by Gasteiger charge is -2.35. The maximum Gasteiger partial charge on any atom is 0.335 e. The number of hydrogen-bond acceptors (Lipinski definition) is 5. The van der Waals surface area contributed by atoms with Crippen molar-refractivity contribution >= 4 is 5.97 Å². The minimum atomic E-state index is -1.24. The molecule has 3 rings (SSSR count). The zero-order valence-corrected chi connectivity index (χ0v) is 16.0. The van der Waals surface area contributed by atoms with Crippen LogP contribution in [0, 0.1) is 11.2 Å². The molecule has 1 saturated heterocycles. The summed E-state index contributed by atoms with van der Waals surface area (Å²) in [4.78, 5) is 11.3. The second-order valence-corrected chi connectivity index (χ2v) is 7.44. The van der Waals surface area contributed by atoms with Gasteiger partial charge < -0.3 is 24.1 Å². The van der Waals surface area contributed by atoms with Crippen LogP contribution >= 0.6 is 0 Å². The SMILES string of the molecule is COc1ccc(COc2c(F)cc(C(=O)O)cc2C2OCC(C)(C)CO2)cc1. The second kappa shape index (κ2) is 8.16. The van der Waals surface area contributed by atoms with E-state index in [1.165, 1.54) is 6.07 Å². The Morgan fingerprint density at radius 3 is 2.43 bits per heavy atom. The number of halogens is 1. The first kappa shape index (κ1) is 20.1. The Balaban J connectivity index is 1.86. The van der Waals surface area contributed by atoms with Gasteiger partial charge in [-0.3, -0.25) is 0 Å². The molecule has 7 heteroatoms. The molecule has 0 aromatic heterocycles. The molecule has 0 bridgehead atoms. The van der Waals surface area contributed by atoms with Crippen LogP contribution in [0.2, 0.25) is 0 Å². The predicted octanol–water partition coefficient (Wildman–Crippen LogP) is 4.18. The molecular weight excluding hydrogens is 367 g/mol. The first-order valence-corrected chi connectivity index (χ1v) is 8.85. The molecule has 0 spiro atoms. The Hall–Kier alpha value is -2.64. The van der Waals surface area contributed by atoms with Crippen LogP contribution in [-0.4, -0.2) is 31.4 Å². The van der Waals surface area contributed by atoms with Crippen LogP contribution < -0.4 is 9.47 Å². The minimum absolute atomic E-state index is 0.0782. The van der Waals surface area contributed by atoms with Gasteiger partial charge in [-0.2, -0.15) is 0 Å². The molecule has 0 radical (unpaired) electrons. The molecule has 1 aliphatic heterocycles. The number of carbonyl (C=O) groups is 1. The monoisotopic (exact) mass is 390 g/mol. The Bertz CT molecular complexity index is 837. The van der Waals surface area contributed by atoms with Gasteiger partial charge in [0.25, 0.3) is 0 Å². The number of ether oxygens (including phenoxy) is 4. The van der Waals surface area contributed by atoms with Gasteiger partial charge in [0.15, 0.2) is 17.9 Å². The fraction of sp³-hybridized carbons (Fsp3) is 0.381. The third-order valence-electron chi connectivity index (χ3n) is 4.37. The first-order chi connectivity index (χ1) is 13.3. The highest BCUT2D eigenvalue weighted by Crippen LogP contribution is 2.37. The van der Waals surface area contributed by atoms with Crippen molar-refractivity contribution in [1.29, 1.82) is 0 Å². The Kier molecular flexibility index (Phi) is 5.86. The zero-order valence-electron chi connectivity index (χ0n) is 16.0. The van der Waals surface area contributed by atoms with E-state index in [0.29, 0.717) is 19.0 Å². The Morgan fingerprint density at radius 2 is 1.86 bits per heavy atom. The highest BCUT2D eigenvalue weighted by atomic mass is 19.1. The molecule has 0 saturated carbocycles. The molecule has 1 aliphatic rings. The number of carboxylic acids is 1. The van der Waals surface area contributed by atoms with Gasteiger partial charge in [0.05, 0.1) is 31.5 Å². The summed E-state index contributed by atoms with van der Waals surface area (Å²) >= 11 is 0. The predicted molar refractivity (Wildman–Crippen MR) is 99.1 cm³/mol. The first-order valence-electron chi connectivity index (χ1n) is 8.85. The van der Waals surface area contributed by atoms with Crippen LogP contribution in [0.3, 0.4) is 0 Å². The van der Waals surface area contributed by atoms with E-state index in [9.17, 15) is 14.3 Å². The summed E-state index contributed by atoms with van der Waals surface area (Å²) in [5.74, 6) is -1.39. The number of rotatable bonds is 6. The maximum atomic E-state index is 14.7. The molecule has 0 unspecified atom stereocenters. The van der Waals surface area contributed by atoms with Crippen molar-refractivity contribution in [3.05, 3.63) is 58.9 Å². The van der Waals surface area contributed by atoms with E-state index in [1.54, 1.807) is 31.4 Å². The second-order valence-electron chi connectivity index (χ2n) is 7.44. The van der Waals surface area contributed by atoms with Gasteiger partial charge in [0.1, 0.15) is 12.4 Å². The lowest BCUT2D eigenvalue weighted by atomic mass is 9.95. The maximum absolute atomic E-state index is 14.7. The van der Waals surface area contributed by atoms with Gasteiger partial charge in [-0.05, 0) is 29.8 Å². The standard InChI is InChI=1S/C21H23FO6/c1-21(2)11-27-20(28-12-21)16-8-14(19(23)24)9-17(22)18(16)26-10-13-4-6-15(25-3)7-5-13/h4-9,20H,10-12H2,1-3H3,(H,23,24). The summed E-state index contributed by atoms with van der Waals surface area (Å²) in [6, 6.07) is 9.42. The molecule has 150 valence electrons. The minimum Gasteiger partial charge on any atom is -0.497 e. The van der Waals surface area contributed by atoms with E-state index in [4.69, 9.17) is 18.9 Å². The summed E-state index contributed by atoms with van der Waals surface area (Å²) in [7, 11) is 1.57. The van der Waals surface area contributed by atoms with Gasteiger partial charge in [0.2, 0.25) is 0 Å². The van der Waals surface area contributed by atoms with Crippen molar-refractivity contribution in [2.75, 3.05) is 20.3 Å². The van der Waals surface area contributed by atoms with Crippen LogP contribution in [-0.2, 0) is 16.1 Å². The van der Waals surface area contributed by atoms with E-state index in [2.05, 4.69) is 0 Å². The lowest BCUT2D eigenvalue weighted by Crippen LogP contribution is -2.34. The van der Waals surface area contributed by atoms with Gasteiger partial charge in [-0.1, -0.05) is 26.0 Å². The summed E-state index contributed by atoms with van der Waals surface area (Å²) in [5, 5.41) is 9.26. The fourth-order valence-corrected chi connectivity index (χ4v) is 2.81. The Morgan fingerprint density at radius 1 is 1.21 bits per heavy atom. The topological polar surface area (TPSA) is 74.2 Å². The molecular formula is C21H23FO6. The molecule has 1 N–H and O–H groups in total. The molecule has 6 nitrogen and oxygen atoms in total. The summed E-state index contributed by atoms with van der Waals surface area (Å²) in [6.45, 7) is 4.86. The average Bonchev–Trinajstić information content (AvgIpc) is 2.67. The van der Waals surface area contributed by atoms with Crippen LogP contribution in [0.1, 0.15) is 41.6 Å². The number of methoxy groups -OCH3 is 1.